The van der Waals surface area contributed by atoms with Crippen LogP contribution in [0.5, 0.6) is 0 Å². The van der Waals surface area contributed by atoms with Gasteiger partial charge in [0.15, 0.2) is 0 Å². The number of aromatic nitrogens is 1. The number of rotatable bonds is 3. The van der Waals surface area contributed by atoms with Crippen molar-refractivity contribution in [3.63, 3.8) is 0 Å². The van der Waals surface area contributed by atoms with Crippen molar-refractivity contribution < 1.29 is 4.79 Å². The highest BCUT2D eigenvalue weighted by Gasteiger charge is 2.32. The molecule has 0 bridgehead atoms. The molecule has 1 aromatic heterocycles. The standard InChI is InChI=1S/C18H29N3OS/c1-12(2)16-11-23-17(20-16)14-6-4-8-21(10-14)18(22)13-5-3-7-15(19)9-13/h11-15H,3-10,19H2,1-2H3. The van der Waals surface area contributed by atoms with Crippen LogP contribution in [0.3, 0.4) is 0 Å². The molecule has 1 amide bonds. The van der Waals surface area contributed by atoms with E-state index in [0.717, 1.165) is 51.6 Å². The summed E-state index contributed by atoms with van der Waals surface area (Å²) in [5.41, 5.74) is 7.25. The monoisotopic (exact) mass is 335 g/mol. The number of nitrogens with two attached hydrogens (primary N) is 1. The number of hydrogen-bond acceptors (Lipinski definition) is 4. The second kappa shape index (κ2) is 7.31. The number of nitrogens with zero attached hydrogens (tertiary/aromatic N) is 2. The van der Waals surface area contributed by atoms with E-state index in [4.69, 9.17) is 10.7 Å². The summed E-state index contributed by atoms with van der Waals surface area (Å²) >= 11 is 1.77. The molecular weight excluding hydrogens is 306 g/mol. The van der Waals surface area contributed by atoms with Gasteiger partial charge in [0.05, 0.1) is 10.7 Å². The Kier molecular flexibility index (Phi) is 5.37. The van der Waals surface area contributed by atoms with Crippen LogP contribution in [0.4, 0.5) is 0 Å². The summed E-state index contributed by atoms with van der Waals surface area (Å²) in [4.78, 5) is 19.7. The third-order valence-corrected chi connectivity index (χ3v) is 6.30. The van der Waals surface area contributed by atoms with Gasteiger partial charge in [0, 0.05) is 36.3 Å². The van der Waals surface area contributed by atoms with Gasteiger partial charge in [-0.05, 0) is 38.0 Å². The molecule has 128 valence electrons. The first-order chi connectivity index (χ1) is 11.0. The van der Waals surface area contributed by atoms with Crippen molar-refractivity contribution in [2.45, 2.75) is 70.3 Å². The Balaban J connectivity index is 1.64. The Labute approximate surface area is 143 Å². The number of piperidine rings is 1. The zero-order chi connectivity index (χ0) is 16.4. The minimum Gasteiger partial charge on any atom is -0.342 e. The smallest absolute Gasteiger partial charge is 0.225 e. The lowest BCUT2D eigenvalue weighted by Gasteiger charge is -2.36. The number of hydrogen-bond donors (Lipinski definition) is 1. The van der Waals surface area contributed by atoms with E-state index in [2.05, 4.69) is 24.1 Å². The maximum atomic E-state index is 12.8. The number of thiazole rings is 1. The van der Waals surface area contributed by atoms with E-state index >= 15 is 0 Å². The fourth-order valence-electron chi connectivity index (χ4n) is 3.84. The van der Waals surface area contributed by atoms with Gasteiger partial charge in [0.2, 0.25) is 5.91 Å². The average Bonchev–Trinajstić information content (AvgIpc) is 3.04. The highest BCUT2D eigenvalue weighted by molar-refractivity contribution is 7.09. The third kappa shape index (κ3) is 3.94. The van der Waals surface area contributed by atoms with Crippen molar-refractivity contribution in [3.05, 3.63) is 16.1 Å². The van der Waals surface area contributed by atoms with Gasteiger partial charge in [-0.15, -0.1) is 11.3 Å². The fourth-order valence-corrected chi connectivity index (χ4v) is 4.95. The maximum Gasteiger partial charge on any atom is 0.225 e. The normalized spacial score (nSPS) is 29.0. The summed E-state index contributed by atoms with van der Waals surface area (Å²) < 4.78 is 0. The molecular formula is C18H29N3OS. The molecule has 2 fully saturated rings. The summed E-state index contributed by atoms with van der Waals surface area (Å²) in [6, 6.07) is 0.214. The molecule has 23 heavy (non-hydrogen) atoms. The van der Waals surface area contributed by atoms with E-state index < -0.39 is 0 Å². The van der Waals surface area contributed by atoms with E-state index in [1.54, 1.807) is 11.3 Å². The number of carbonyl (C=O) groups is 1. The lowest BCUT2D eigenvalue weighted by Crippen LogP contribution is -2.44. The molecule has 5 heteroatoms. The lowest BCUT2D eigenvalue weighted by molar-refractivity contribution is -0.138. The van der Waals surface area contributed by atoms with Crippen molar-refractivity contribution >= 4 is 17.2 Å². The predicted molar refractivity (Wildman–Crippen MR) is 94.7 cm³/mol. The van der Waals surface area contributed by atoms with Gasteiger partial charge in [0.1, 0.15) is 0 Å². The second-order valence-corrected chi connectivity index (χ2v) is 8.40. The van der Waals surface area contributed by atoms with Crippen molar-refractivity contribution in [2.75, 3.05) is 13.1 Å². The topological polar surface area (TPSA) is 59.2 Å². The van der Waals surface area contributed by atoms with Gasteiger partial charge in [-0.2, -0.15) is 0 Å². The minimum absolute atomic E-state index is 0.153. The summed E-state index contributed by atoms with van der Waals surface area (Å²) in [6.07, 6.45) is 6.30. The largest absolute Gasteiger partial charge is 0.342 e. The van der Waals surface area contributed by atoms with Crippen LogP contribution in [0.1, 0.15) is 74.9 Å². The van der Waals surface area contributed by atoms with Crippen LogP contribution in [0.15, 0.2) is 5.38 Å². The summed E-state index contributed by atoms with van der Waals surface area (Å²) in [6.45, 7) is 6.11. The molecule has 1 aliphatic heterocycles. The van der Waals surface area contributed by atoms with E-state index in [0.29, 0.717) is 17.7 Å². The highest BCUT2D eigenvalue weighted by Crippen LogP contribution is 2.33. The van der Waals surface area contributed by atoms with Crippen LogP contribution in [0.25, 0.3) is 0 Å². The molecule has 3 rings (SSSR count). The molecule has 1 aromatic rings. The summed E-state index contributed by atoms with van der Waals surface area (Å²) in [5.74, 6) is 1.39. The zero-order valence-corrected chi connectivity index (χ0v) is 15.1. The maximum absolute atomic E-state index is 12.8. The van der Waals surface area contributed by atoms with E-state index in [1.165, 1.54) is 10.7 Å². The van der Waals surface area contributed by atoms with Crippen LogP contribution in [0, 0.1) is 5.92 Å². The SMILES string of the molecule is CC(C)c1csc(C2CCCN(C(=O)C3CCCC(N)C3)C2)n1. The first kappa shape index (κ1) is 16.9. The number of carbonyl (C=O) groups excluding carboxylic acids is 1. The minimum atomic E-state index is 0.153. The van der Waals surface area contributed by atoms with Crippen LogP contribution in [0.2, 0.25) is 0 Å². The predicted octanol–water partition coefficient (Wildman–Crippen LogP) is 3.49. The van der Waals surface area contributed by atoms with Crippen LogP contribution in [-0.4, -0.2) is 34.9 Å². The Morgan fingerprint density at radius 1 is 1.35 bits per heavy atom. The third-order valence-electron chi connectivity index (χ3n) is 5.28. The molecule has 4 nitrogen and oxygen atoms in total. The molecule has 2 N–H and O–H groups in total. The molecule has 2 heterocycles. The van der Waals surface area contributed by atoms with Gasteiger partial charge >= 0.3 is 0 Å². The average molecular weight is 336 g/mol. The number of amides is 1. The molecule has 0 spiro atoms. The zero-order valence-electron chi connectivity index (χ0n) is 14.3. The van der Waals surface area contributed by atoms with Crippen LogP contribution < -0.4 is 5.73 Å². The molecule has 2 aliphatic rings. The molecule has 3 unspecified atom stereocenters. The Hall–Kier alpha value is -0.940. The van der Waals surface area contributed by atoms with Gasteiger partial charge in [-0.1, -0.05) is 20.3 Å². The van der Waals surface area contributed by atoms with Gasteiger partial charge < -0.3 is 10.6 Å². The lowest BCUT2D eigenvalue weighted by atomic mass is 9.84. The summed E-state index contributed by atoms with van der Waals surface area (Å²) in [7, 11) is 0. The molecule has 0 aromatic carbocycles. The molecule has 3 atom stereocenters. The van der Waals surface area contributed by atoms with Crippen LogP contribution >= 0.6 is 11.3 Å². The van der Waals surface area contributed by atoms with Crippen LogP contribution in [-0.2, 0) is 4.79 Å². The van der Waals surface area contributed by atoms with Gasteiger partial charge in [-0.25, -0.2) is 4.98 Å². The van der Waals surface area contributed by atoms with E-state index in [9.17, 15) is 4.79 Å². The molecule has 1 saturated carbocycles. The Morgan fingerprint density at radius 2 is 2.17 bits per heavy atom. The quantitative estimate of drug-likeness (QED) is 0.920. The Bertz CT molecular complexity index is 542. The van der Waals surface area contributed by atoms with Crippen molar-refractivity contribution in [1.29, 1.82) is 0 Å². The van der Waals surface area contributed by atoms with Crippen molar-refractivity contribution in [3.8, 4) is 0 Å². The first-order valence-electron chi connectivity index (χ1n) is 9.04. The highest BCUT2D eigenvalue weighted by atomic mass is 32.1. The second-order valence-electron chi connectivity index (χ2n) is 7.51. The Morgan fingerprint density at radius 3 is 2.87 bits per heavy atom. The number of likely N-dealkylation sites (tertiary alicyclic amines) is 1. The molecule has 1 saturated heterocycles. The van der Waals surface area contributed by atoms with Gasteiger partial charge in [-0.3, -0.25) is 4.79 Å². The fraction of sp³-hybridized carbons (Fsp3) is 0.778. The molecule has 0 radical (unpaired) electrons. The van der Waals surface area contributed by atoms with E-state index in [-0.39, 0.29) is 12.0 Å². The van der Waals surface area contributed by atoms with Crippen molar-refractivity contribution in [1.82, 2.24) is 9.88 Å². The van der Waals surface area contributed by atoms with Gasteiger partial charge in [0.25, 0.3) is 0 Å². The van der Waals surface area contributed by atoms with Crippen molar-refractivity contribution in [2.24, 2.45) is 11.7 Å². The van der Waals surface area contributed by atoms with E-state index in [1.807, 2.05) is 0 Å². The summed E-state index contributed by atoms with van der Waals surface area (Å²) in [5, 5.41) is 3.40. The first-order valence-corrected chi connectivity index (χ1v) is 9.92. The molecule has 1 aliphatic carbocycles.